The number of benzene rings is 1. The molecule has 0 unspecified atom stereocenters. The van der Waals surface area contributed by atoms with Crippen molar-refractivity contribution in [1.82, 2.24) is 4.98 Å². The van der Waals surface area contributed by atoms with Crippen LogP contribution in [0, 0.1) is 0 Å². The summed E-state index contributed by atoms with van der Waals surface area (Å²) in [6.07, 6.45) is 2.81. The molecule has 1 heterocycles. The Labute approximate surface area is 108 Å². The molecule has 3 nitrogen and oxygen atoms in total. The monoisotopic (exact) mass is 241 g/mol. The van der Waals surface area contributed by atoms with Gasteiger partial charge < -0.3 is 10.6 Å². The molecule has 1 aromatic heterocycles. The molecule has 0 aliphatic rings. The minimum Gasteiger partial charge on any atom is -0.382 e. The van der Waals surface area contributed by atoms with Crippen LogP contribution in [0.2, 0.25) is 0 Å². The summed E-state index contributed by atoms with van der Waals surface area (Å²) in [6.45, 7) is 4.01. The quantitative estimate of drug-likeness (QED) is 0.874. The van der Waals surface area contributed by atoms with E-state index in [1.165, 1.54) is 5.56 Å². The molecule has 0 atom stereocenters. The van der Waals surface area contributed by atoms with Crippen molar-refractivity contribution < 1.29 is 0 Å². The van der Waals surface area contributed by atoms with E-state index in [0.717, 1.165) is 25.2 Å². The zero-order valence-electron chi connectivity index (χ0n) is 10.7. The molecule has 0 aliphatic heterocycles. The lowest BCUT2D eigenvalue weighted by molar-refractivity contribution is 0.767. The molecule has 0 amide bonds. The van der Waals surface area contributed by atoms with E-state index in [4.69, 9.17) is 5.73 Å². The van der Waals surface area contributed by atoms with Crippen molar-refractivity contribution in [2.75, 3.05) is 17.2 Å². The van der Waals surface area contributed by atoms with Crippen molar-refractivity contribution in [2.24, 2.45) is 0 Å². The average molecular weight is 241 g/mol. The van der Waals surface area contributed by atoms with Crippen LogP contribution in [-0.2, 0) is 6.54 Å². The van der Waals surface area contributed by atoms with Gasteiger partial charge in [0.25, 0.3) is 0 Å². The number of anilines is 2. The number of rotatable bonds is 5. The molecule has 0 fully saturated rings. The SMILES string of the molecule is CCCN(Cc1ccccc1)c1cccnc1N. The minimum atomic E-state index is 0.599. The Morgan fingerprint density at radius 1 is 1.11 bits per heavy atom. The summed E-state index contributed by atoms with van der Waals surface area (Å²) in [4.78, 5) is 6.44. The lowest BCUT2D eigenvalue weighted by Gasteiger charge is -2.25. The van der Waals surface area contributed by atoms with Crippen molar-refractivity contribution in [1.29, 1.82) is 0 Å². The normalized spacial score (nSPS) is 10.3. The zero-order valence-corrected chi connectivity index (χ0v) is 10.7. The highest BCUT2D eigenvalue weighted by molar-refractivity contribution is 5.63. The van der Waals surface area contributed by atoms with Crippen LogP contribution in [-0.4, -0.2) is 11.5 Å². The van der Waals surface area contributed by atoms with Crippen molar-refractivity contribution in [3.05, 3.63) is 54.2 Å². The standard InChI is InChI=1S/C15H19N3/c1-2-11-18(12-13-7-4-3-5-8-13)14-9-6-10-17-15(14)16/h3-10H,2,11-12H2,1H3,(H2,16,17). The van der Waals surface area contributed by atoms with E-state index in [1.807, 2.05) is 18.2 Å². The Bertz CT molecular complexity index is 482. The fourth-order valence-corrected chi connectivity index (χ4v) is 2.03. The molecule has 0 aliphatic carbocycles. The molecule has 0 radical (unpaired) electrons. The number of pyridine rings is 1. The van der Waals surface area contributed by atoms with Gasteiger partial charge in [-0.3, -0.25) is 0 Å². The molecule has 2 N–H and O–H groups in total. The van der Waals surface area contributed by atoms with Crippen LogP contribution in [0.25, 0.3) is 0 Å². The first-order valence-electron chi connectivity index (χ1n) is 6.30. The van der Waals surface area contributed by atoms with Crippen LogP contribution in [0.1, 0.15) is 18.9 Å². The van der Waals surface area contributed by atoms with Crippen LogP contribution < -0.4 is 10.6 Å². The highest BCUT2D eigenvalue weighted by atomic mass is 15.1. The van der Waals surface area contributed by atoms with Gasteiger partial charge in [0, 0.05) is 19.3 Å². The van der Waals surface area contributed by atoms with E-state index in [1.54, 1.807) is 6.20 Å². The molecule has 2 rings (SSSR count). The van der Waals surface area contributed by atoms with Crippen LogP contribution in [0.4, 0.5) is 11.5 Å². The molecule has 18 heavy (non-hydrogen) atoms. The molecular formula is C15H19N3. The van der Waals surface area contributed by atoms with Crippen molar-refractivity contribution in [3.63, 3.8) is 0 Å². The van der Waals surface area contributed by atoms with Crippen molar-refractivity contribution in [2.45, 2.75) is 19.9 Å². The van der Waals surface area contributed by atoms with Gasteiger partial charge in [0.05, 0.1) is 5.69 Å². The summed E-state index contributed by atoms with van der Waals surface area (Å²) < 4.78 is 0. The summed E-state index contributed by atoms with van der Waals surface area (Å²) in [7, 11) is 0. The molecule has 2 aromatic rings. The van der Waals surface area contributed by atoms with E-state index < -0.39 is 0 Å². The first kappa shape index (κ1) is 12.4. The Hall–Kier alpha value is -2.03. The molecule has 3 heteroatoms. The second-order valence-corrected chi connectivity index (χ2v) is 4.31. The molecule has 0 bridgehead atoms. The lowest BCUT2D eigenvalue weighted by atomic mass is 10.2. The maximum absolute atomic E-state index is 5.95. The Kier molecular flexibility index (Phi) is 4.18. The smallest absolute Gasteiger partial charge is 0.146 e. The van der Waals surface area contributed by atoms with E-state index >= 15 is 0 Å². The van der Waals surface area contributed by atoms with Crippen LogP contribution in [0.15, 0.2) is 48.7 Å². The largest absolute Gasteiger partial charge is 0.382 e. The van der Waals surface area contributed by atoms with E-state index in [2.05, 4.69) is 41.1 Å². The molecule has 1 aromatic carbocycles. The maximum atomic E-state index is 5.95. The number of aromatic nitrogens is 1. The summed E-state index contributed by atoms with van der Waals surface area (Å²) in [6, 6.07) is 14.4. The Balaban J connectivity index is 2.21. The van der Waals surface area contributed by atoms with Gasteiger partial charge in [-0.15, -0.1) is 0 Å². The predicted octanol–water partition coefficient (Wildman–Crippen LogP) is 3.08. The van der Waals surface area contributed by atoms with Gasteiger partial charge >= 0.3 is 0 Å². The minimum absolute atomic E-state index is 0.599. The first-order chi connectivity index (χ1) is 8.81. The number of nitrogens with two attached hydrogens (primary N) is 1. The lowest BCUT2D eigenvalue weighted by Crippen LogP contribution is -2.24. The number of nitrogens with zero attached hydrogens (tertiary/aromatic N) is 2. The van der Waals surface area contributed by atoms with Gasteiger partial charge in [0.1, 0.15) is 5.82 Å². The third kappa shape index (κ3) is 3.00. The van der Waals surface area contributed by atoms with Crippen LogP contribution >= 0.6 is 0 Å². The molecular weight excluding hydrogens is 222 g/mol. The van der Waals surface area contributed by atoms with Gasteiger partial charge in [-0.05, 0) is 24.1 Å². The molecule has 94 valence electrons. The highest BCUT2D eigenvalue weighted by Gasteiger charge is 2.09. The molecule has 0 saturated carbocycles. The topological polar surface area (TPSA) is 42.2 Å². The van der Waals surface area contributed by atoms with E-state index in [0.29, 0.717) is 5.82 Å². The van der Waals surface area contributed by atoms with Gasteiger partial charge in [0.15, 0.2) is 0 Å². The average Bonchev–Trinajstić information content (AvgIpc) is 2.40. The number of hydrogen-bond acceptors (Lipinski definition) is 3. The van der Waals surface area contributed by atoms with E-state index in [9.17, 15) is 0 Å². The van der Waals surface area contributed by atoms with Crippen LogP contribution in [0.5, 0.6) is 0 Å². The number of nitrogen functional groups attached to an aromatic ring is 1. The van der Waals surface area contributed by atoms with Gasteiger partial charge in [-0.2, -0.15) is 0 Å². The fraction of sp³-hybridized carbons (Fsp3) is 0.267. The summed E-state index contributed by atoms with van der Waals surface area (Å²) in [5.41, 5.74) is 8.26. The second kappa shape index (κ2) is 6.05. The maximum Gasteiger partial charge on any atom is 0.146 e. The van der Waals surface area contributed by atoms with Gasteiger partial charge in [0.2, 0.25) is 0 Å². The summed E-state index contributed by atoms with van der Waals surface area (Å²) in [5.74, 6) is 0.599. The zero-order chi connectivity index (χ0) is 12.8. The summed E-state index contributed by atoms with van der Waals surface area (Å²) >= 11 is 0. The third-order valence-electron chi connectivity index (χ3n) is 2.87. The first-order valence-corrected chi connectivity index (χ1v) is 6.30. The van der Waals surface area contributed by atoms with Gasteiger partial charge in [-0.25, -0.2) is 4.98 Å². The van der Waals surface area contributed by atoms with Gasteiger partial charge in [-0.1, -0.05) is 37.3 Å². The fourth-order valence-electron chi connectivity index (χ4n) is 2.03. The summed E-state index contributed by atoms with van der Waals surface area (Å²) in [5, 5.41) is 0. The molecule has 0 spiro atoms. The van der Waals surface area contributed by atoms with Crippen molar-refractivity contribution >= 4 is 11.5 Å². The van der Waals surface area contributed by atoms with Crippen LogP contribution in [0.3, 0.4) is 0 Å². The third-order valence-corrected chi connectivity index (χ3v) is 2.87. The Morgan fingerprint density at radius 3 is 2.56 bits per heavy atom. The highest BCUT2D eigenvalue weighted by Crippen LogP contribution is 2.22. The van der Waals surface area contributed by atoms with E-state index in [-0.39, 0.29) is 0 Å². The predicted molar refractivity (Wildman–Crippen MR) is 76.4 cm³/mol. The number of hydrogen-bond donors (Lipinski definition) is 1. The van der Waals surface area contributed by atoms with Crippen molar-refractivity contribution in [3.8, 4) is 0 Å². The Morgan fingerprint density at radius 2 is 1.89 bits per heavy atom. The second-order valence-electron chi connectivity index (χ2n) is 4.31. The molecule has 0 saturated heterocycles.